The molecule has 2 heterocycles. The van der Waals surface area contributed by atoms with E-state index >= 15 is 0 Å². The number of aromatic nitrogens is 3. The van der Waals surface area contributed by atoms with Crippen molar-refractivity contribution in [2.75, 3.05) is 4.72 Å². The van der Waals surface area contributed by atoms with Crippen molar-refractivity contribution in [1.29, 1.82) is 0 Å². The molecule has 2 aromatic heterocycles. The Bertz CT molecular complexity index is 957. The van der Waals surface area contributed by atoms with E-state index in [4.69, 9.17) is 5.11 Å². The van der Waals surface area contributed by atoms with E-state index in [0.717, 1.165) is 5.69 Å². The highest BCUT2D eigenvalue weighted by Gasteiger charge is 2.18. The van der Waals surface area contributed by atoms with Crippen LogP contribution < -0.4 is 4.72 Å². The van der Waals surface area contributed by atoms with E-state index in [-0.39, 0.29) is 16.4 Å². The maximum absolute atomic E-state index is 12.2. The standard InChI is InChI=1S/C12H10N4O4S2/c1-7-6-21-12-13-11(14-16(7)12)15-22(19,20)9-4-2-8(3-5-9)10(17)18/h2-6H,1H3,(H,14,15)(H,17,18). The predicted molar refractivity (Wildman–Crippen MR) is 79.8 cm³/mol. The van der Waals surface area contributed by atoms with Crippen LogP contribution in [0.4, 0.5) is 5.95 Å². The number of thiazole rings is 1. The van der Waals surface area contributed by atoms with Gasteiger partial charge in [0.15, 0.2) is 0 Å². The van der Waals surface area contributed by atoms with Gasteiger partial charge < -0.3 is 5.11 Å². The monoisotopic (exact) mass is 338 g/mol. The molecule has 0 bridgehead atoms. The Morgan fingerprint density at radius 2 is 2.00 bits per heavy atom. The molecule has 0 aliphatic heterocycles. The molecule has 3 aromatic rings. The van der Waals surface area contributed by atoms with E-state index in [1.165, 1.54) is 40.1 Å². The van der Waals surface area contributed by atoms with Crippen LogP contribution in [0.5, 0.6) is 0 Å². The zero-order chi connectivity index (χ0) is 15.9. The third-order valence-electron chi connectivity index (χ3n) is 2.88. The Morgan fingerprint density at radius 3 is 2.59 bits per heavy atom. The van der Waals surface area contributed by atoms with Gasteiger partial charge in [0.2, 0.25) is 4.96 Å². The number of fused-ring (bicyclic) bond motifs is 1. The molecular weight excluding hydrogens is 328 g/mol. The number of nitrogens with zero attached hydrogens (tertiary/aromatic N) is 3. The number of benzene rings is 1. The molecule has 1 aromatic carbocycles. The van der Waals surface area contributed by atoms with Crippen LogP contribution in [0.2, 0.25) is 0 Å². The lowest BCUT2D eigenvalue weighted by Gasteiger charge is -2.04. The number of rotatable bonds is 4. The number of nitrogens with one attached hydrogen (secondary N) is 1. The molecule has 0 atom stereocenters. The quantitative estimate of drug-likeness (QED) is 0.747. The SMILES string of the molecule is Cc1csc2nc(NS(=O)(=O)c3ccc(C(=O)O)cc3)nn12. The first kappa shape index (κ1) is 14.5. The summed E-state index contributed by atoms with van der Waals surface area (Å²) >= 11 is 1.35. The van der Waals surface area contributed by atoms with E-state index < -0.39 is 16.0 Å². The fraction of sp³-hybridized carbons (Fsp3) is 0.0833. The number of aryl methyl sites for hydroxylation is 1. The van der Waals surface area contributed by atoms with E-state index in [9.17, 15) is 13.2 Å². The largest absolute Gasteiger partial charge is 0.478 e. The van der Waals surface area contributed by atoms with Crippen LogP contribution in [0, 0.1) is 6.92 Å². The average Bonchev–Trinajstić information content (AvgIpc) is 3.00. The first-order valence-electron chi connectivity index (χ1n) is 6.04. The van der Waals surface area contributed by atoms with Gasteiger partial charge in [-0.3, -0.25) is 0 Å². The fourth-order valence-electron chi connectivity index (χ4n) is 1.79. The van der Waals surface area contributed by atoms with Crippen LogP contribution in [-0.2, 0) is 10.0 Å². The van der Waals surface area contributed by atoms with Crippen LogP contribution in [0.3, 0.4) is 0 Å². The van der Waals surface area contributed by atoms with Crippen molar-refractivity contribution < 1.29 is 18.3 Å². The second-order valence-corrected chi connectivity index (χ2v) is 6.96. The number of hydrogen-bond donors (Lipinski definition) is 2. The Balaban J connectivity index is 1.90. The predicted octanol–water partition coefficient (Wildman–Crippen LogP) is 1.60. The molecule has 0 spiro atoms. The summed E-state index contributed by atoms with van der Waals surface area (Å²) in [6, 6.07) is 4.88. The van der Waals surface area contributed by atoms with Gasteiger partial charge in [-0.05, 0) is 31.2 Å². The number of sulfonamides is 1. The molecular formula is C12H10N4O4S2. The second kappa shape index (κ2) is 5.07. The summed E-state index contributed by atoms with van der Waals surface area (Å²) in [6.07, 6.45) is 0. The highest BCUT2D eigenvalue weighted by Crippen LogP contribution is 2.18. The zero-order valence-corrected chi connectivity index (χ0v) is 12.8. The van der Waals surface area contributed by atoms with E-state index in [0.29, 0.717) is 4.96 Å². The lowest BCUT2D eigenvalue weighted by molar-refractivity contribution is 0.0696. The van der Waals surface area contributed by atoms with Gasteiger partial charge in [-0.1, -0.05) is 0 Å². The fourth-order valence-corrected chi connectivity index (χ4v) is 3.53. The van der Waals surface area contributed by atoms with Crippen molar-refractivity contribution in [2.24, 2.45) is 0 Å². The minimum atomic E-state index is -3.87. The van der Waals surface area contributed by atoms with Gasteiger partial charge in [0, 0.05) is 5.38 Å². The van der Waals surface area contributed by atoms with Crippen LogP contribution in [0.15, 0.2) is 34.5 Å². The third kappa shape index (κ3) is 2.53. The average molecular weight is 338 g/mol. The summed E-state index contributed by atoms with van der Waals surface area (Å²) in [6.45, 7) is 1.83. The molecule has 0 aliphatic carbocycles. The molecule has 3 rings (SSSR count). The van der Waals surface area contributed by atoms with Crippen molar-refractivity contribution in [3.05, 3.63) is 40.9 Å². The lowest BCUT2D eigenvalue weighted by Crippen LogP contribution is -2.14. The Hall–Kier alpha value is -2.46. The summed E-state index contributed by atoms with van der Waals surface area (Å²) < 4.78 is 28.3. The molecule has 0 radical (unpaired) electrons. The molecule has 0 unspecified atom stereocenters. The van der Waals surface area contributed by atoms with Crippen LogP contribution in [0.25, 0.3) is 4.96 Å². The summed E-state index contributed by atoms with van der Waals surface area (Å²) in [5.41, 5.74) is 0.860. The number of carbonyl (C=O) groups is 1. The molecule has 114 valence electrons. The van der Waals surface area contributed by atoms with Gasteiger partial charge in [0.25, 0.3) is 16.0 Å². The maximum Gasteiger partial charge on any atom is 0.335 e. The van der Waals surface area contributed by atoms with Gasteiger partial charge in [-0.2, -0.15) is 4.98 Å². The summed E-state index contributed by atoms with van der Waals surface area (Å²) in [4.78, 5) is 15.4. The van der Waals surface area contributed by atoms with Crippen LogP contribution in [0.1, 0.15) is 16.1 Å². The molecule has 0 amide bonds. The molecule has 2 N–H and O–H groups in total. The highest BCUT2D eigenvalue weighted by atomic mass is 32.2. The van der Waals surface area contributed by atoms with E-state index in [2.05, 4.69) is 14.8 Å². The van der Waals surface area contributed by atoms with Gasteiger partial charge >= 0.3 is 5.97 Å². The molecule has 22 heavy (non-hydrogen) atoms. The van der Waals surface area contributed by atoms with Crippen molar-refractivity contribution in [2.45, 2.75) is 11.8 Å². The molecule has 8 nitrogen and oxygen atoms in total. The topological polar surface area (TPSA) is 114 Å². The number of aromatic carboxylic acids is 1. The Kier molecular flexibility index (Phi) is 3.34. The summed E-state index contributed by atoms with van der Waals surface area (Å²) in [5.74, 6) is -1.15. The third-order valence-corrected chi connectivity index (χ3v) is 5.16. The lowest BCUT2D eigenvalue weighted by atomic mass is 10.2. The minimum absolute atomic E-state index is 0.00945. The Morgan fingerprint density at radius 1 is 1.32 bits per heavy atom. The molecule has 0 fully saturated rings. The summed E-state index contributed by atoms with van der Waals surface area (Å²) in [7, 11) is -3.87. The molecule has 0 saturated carbocycles. The molecule has 0 aliphatic rings. The van der Waals surface area contributed by atoms with Gasteiger partial charge in [-0.25, -0.2) is 22.4 Å². The van der Waals surface area contributed by atoms with Gasteiger partial charge in [0.05, 0.1) is 16.2 Å². The zero-order valence-electron chi connectivity index (χ0n) is 11.2. The number of carboxylic acids is 1. The number of anilines is 1. The van der Waals surface area contributed by atoms with Crippen molar-refractivity contribution in [3.8, 4) is 0 Å². The second-order valence-electron chi connectivity index (χ2n) is 4.44. The van der Waals surface area contributed by atoms with Crippen molar-refractivity contribution in [1.82, 2.24) is 14.6 Å². The summed E-state index contributed by atoms with van der Waals surface area (Å²) in [5, 5.41) is 14.7. The minimum Gasteiger partial charge on any atom is -0.478 e. The van der Waals surface area contributed by atoms with Crippen LogP contribution in [-0.4, -0.2) is 34.1 Å². The van der Waals surface area contributed by atoms with Gasteiger partial charge in [-0.15, -0.1) is 16.4 Å². The first-order chi connectivity index (χ1) is 10.4. The van der Waals surface area contributed by atoms with Crippen molar-refractivity contribution in [3.63, 3.8) is 0 Å². The molecule has 10 heteroatoms. The highest BCUT2D eigenvalue weighted by molar-refractivity contribution is 7.92. The first-order valence-corrected chi connectivity index (χ1v) is 8.40. The number of hydrogen-bond acceptors (Lipinski definition) is 6. The molecule has 0 saturated heterocycles. The maximum atomic E-state index is 12.2. The smallest absolute Gasteiger partial charge is 0.335 e. The van der Waals surface area contributed by atoms with E-state index in [1.54, 1.807) is 0 Å². The number of carboxylic acid groups (broad SMARTS) is 1. The Labute approximate surface area is 129 Å². The normalized spacial score (nSPS) is 11.7. The van der Waals surface area contributed by atoms with Crippen molar-refractivity contribution >= 4 is 38.2 Å². The van der Waals surface area contributed by atoms with Crippen LogP contribution >= 0.6 is 11.3 Å². The van der Waals surface area contributed by atoms with E-state index in [1.807, 2.05) is 12.3 Å². The van der Waals surface area contributed by atoms with Gasteiger partial charge in [0.1, 0.15) is 0 Å².